The Labute approximate surface area is 103 Å². The van der Waals surface area contributed by atoms with E-state index in [-0.39, 0.29) is 5.56 Å². The summed E-state index contributed by atoms with van der Waals surface area (Å²) in [5, 5.41) is 3.59. The van der Waals surface area contributed by atoms with Gasteiger partial charge < -0.3 is 11.1 Å². The quantitative estimate of drug-likeness (QED) is 0.562. The van der Waals surface area contributed by atoms with E-state index >= 15 is 0 Å². The molecule has 0 amide bonds. The monoisotopic (exact) mass is 250 g/mol. The lowest BCUT2D eigenvalue weighted by Gasteiger charge is -2.05. The van der Waals surface area contributed by atoms with Crippen LogP contribution in [0.4, 0.5) is 11.6 Å². The summed E-state index contributed by atoms with van der Waals surface area (Å²) in [4.78, 5) is 18.8. The van der Waals surface area contributed by atoms with E-state index in [4.69, 9.17) is 5.73 Å². The fourth-order valence-corrected chi connectivity index (χ4v) is 1.82. The number of fused-ring (bicyclic) bond motifs is 1. The van der Waals surface area contributed by atoms with Crippen LogP contribution in [0.5, 0.6) is 0 Å². The topological polar surface area (TPSA) is 83.8 Å². The number of aromatic amines is 1. The lowest BCUT2D eigenvalue weighted by Crippen LogP contribution is -2.14. The Bertz CT molecular complexity index is 581. The predicted molar refractivity (Wildman–Crippen MR) is 73.6 cm³/mol. The number of thioether (sulfide) groups is 1. The van der Waals surface area contributed by atoms with E-state index in [0.717, 1.165) is 12.3 Å². The molecule has 17 heavy (non-hydrogen) atoms. The summed E-state index contributed by atoms with van der Waals surface area (Å²) in [6.07, 6.45) is 2.03. The summed E-state index contributed by atoms with van der Waals surface area (Å²) in [5.41, 5.74) is 6.67. The molecular weight excluding hydrogens is 236 g/mol. The van der Waals surface area contributed by atoms with E-state index in [1.54, 1.807) is 30.0 Å². The summed E-state index contributed by atoms with van der Waals surface area (Å²) < 4.78 is 0. The number of nitrogens with one attached hydrogen (secondary N) is 2. The van der Waals surface area contributed by atoms with Gasteiger partial charge in [-0.15, -0.1) is 0 Å². The first-order valence-electron chi connectivity index (χ1n) is 5.23. The van der Waals surface area contributed by atoms with Gasteiger partial charge in [-0.05, 0) is 24.5 Å². The van der Waals surface area contributed by atoms with Gasteiger partial charge in [0.25, 0.3) is 5.56 Å². The number of hydrogen-bond donors (Lipinski definition) is 3. The van der Waals surface area contributed by atoms with E-state index in [2.05, 4.69) is 15.3 Å². The van der Waals surface area contributed by atoms with Crippen molar-refractivity contribution in [2.45, 2.75) is 0 Å². The van der Waals surface area contributed by atoms with Crippen LogP contribution < -0.4 is 16.6 Å². The fourth-order valence-electron chi connectivity index (χ4n) is 1.51. The number of nitrogen functional groups attached to an aromatic ring is 1. The molecule has 0 saturated carbocycles. The number of nitrogens with two attached hydrogens (primary N) is 1. The summed E-state index contributed by atoms with van der Waals surface area (Å²) in [6, 6.07) is 5.12. The molecule has 0 saturated heterocycles. The second-order valence-corrected chi connectivity index (χ2v) is 4.60. The number of nitrogens with zero attached hydrogens (tertiary/aromatic N) is 1. The first-order valence-corrected chi connectivity index (χ1v) is 6.62. The number of aromatic nitrogens is 2. The van der Waals surface area contributed by atoms with Gasteiger partial charge in [-0.25, -0.2) is 4.98 Å². The zero-order valence-corrected chi connectivity index (χ0v) is 10.3. The normalized spacial score (nSPS) is 10.6. The largest absolute Gasteiger partial charge is 0.399 e. The third kappa shape index (κ3) is 2.71. The molecule has 0 spiro atoms. The summed E-state index contributed by atoms with van der Waals surface area (Å²) in [7, 11) is 0. The average molecular weight is 250 g/mol. The first-order chi connectivity index (χ1) is 8.20. The van der Waals surface area contributed by atoms with Crippen LogP contribution in [-0.4, -0.2) is 28.5 Å². The van der Waals surface area contributed by atoms with Gasteiger partial charge in [0.15, 0.2) is 0 Å². The zero-order chi connectivity index (χ0) is 12.3. The maximum atomic E-state index is 11.8. The highest BCUT2D eigenvalue weighted by molar-refractivity contribution is 7.98. The molecule has 0 aliphatic carbocycles. The number of anilines is 2. The smallest absolute Gasteiger partial charge is 0.260 e. The van der Waals surface area contributed by atoms with Crippen molar-refractivity contribution in [3.63, 3.8) is 0 Å². The van der Waals surface area contributed by atoms with Crippen LogP contribution in [-0.2, 0) is 0 Å². The van der Waals surface area contributed by atoms with Crippen LogP contribution >= 0.6 is 11.8 Å². The van der Waals surface area contributed by atoms with Crippen molar-refractivity contribution >= 4 is 34.3 Å². The average Bonchev–Trinajstić information content (AvgIpc) is 2.31. The van der Waals surface area contributed by atoms with Gasteiger partial charge in [0.05, 0.1) is 10.9 Å². The lowest BCUT2D eigenvalue weighted by molar-refractivity contribution is 1.09. The van der Waals surface area contributed by atoms with Crippen LogP contribution in [0.25, 0.3) is 10.9 Å². The highest BCUT2D eigenvalue weighted by Gasteiger charge is 2.03. The minimum atomic E-state index is -0.172. The number of hydrogen-bond acceptors (Lipinski definition) is 5. The van der Waals surface area contributed by atoms with Crippen molar-refractivity contribution in [3.05, 3.63) is 28.6 Å². The van der Waals surface area contributed by atoms with Gasteiger partial charge in [-0.2, -0.15) is 11.8 Å². The highest BCUT2D eigenvalue weighted by atomic mass is 32.2. The van der Waals surface area contributed by atoms with E-state index in [1.165, 1.54) is 0 Å². The molecule has 0 fully saturated rings. The molecule has 6 heteroatoms. The number of rotatable bonds is 4. The molecule has 2 rings (SSSR count). The molecule has 0 radical (unpaired) electrons. The molecular formula is C11H14N4OS. The Morgan fingerprint density at radius 3 is 3.12 bits per heavy atom. The standard InChI is InChI=1S/C11H14N4OS/c1-17-5-4-13-11-14-9-3-2-7(12)6-8(9)10(16)15-11/h2-3,6H,4-5,12H2,1H3,(H2,13,14,15,16). The van der Waals surface area contributed by atoms with Crippen molar-refractivity contribution in [2.24, 2.45) is 0 Å². The van der Waals surface area contributed by atoms with Crippen molar-refractivity contribution in [1.29, 1.82) is 0 Å². The highest BCUT2D eigenvalue weighted by Crippen LogP contribution is 2.12. The molecule has 1 heterocycles. The van der Waals surface area contributed by atoms with E-state index in [9.17, 15) is 4.79 Å². The van der Waals surface area contributed by atoms with Crippen LogP contribution in [0.15, 0.2) is 23.0 Å². The molecule has 1 aromatic carbocycles. The number of H-pyrrole nitrogens is 1. The Morgan fingerprint density at radius 2 is 2.35 bits per heavy atom. The summed E-state index contributed by atoms with van der Waals surface area (Å²) >= 11 is 1.73. The molecule has 0 bridgehead atoms. The molecule has 4 N–H and O–H groups in total. The maximum absolute atomic E-state index is 11.8. The SMILES string of the molecule is CSCCNc1nc2ccc(N)cc2c(=O)[nH]1. The number of benzene rings is 1. The Hall–Kier alpha value is -1.69. The van der Waals surface area contributed by atoms with Crippen LogP contribution in [0.3, 0.4) is 0 Å². The zero-order valence-electron chi connectivity index (χ0n) is 9.49. The molecule has 90 valence electrons. The van der Waals surface area contributed by atoms with Crippen LogP contribution in [0, 0.1) is 0 Å². The van der Waals surface area contributed by atoms with Crippen molar-refractivity contribution < 1.29 is 0 Å². The minimum absolute atomic E-state index is 0.172. The molecule has 0 aliphatic rings. The Morgan fingerprint density at radius 1 is 1.53 bits per heavy atom. The molecule has 5 nitrogen and oxygen atoms in total. The lowest BCUT2D eigenvalue weighted by atomic mass is 10.2. The predicted octanol–water partition coefficient (Wildman–Crippen LogP) is 1.28. The summed E-state index contributed by atoms with van der Waals surface area (Å²) in [6.45, 7) is 0.768. The fraction of sp³-hybridized carbons (Fsp3) is 0.273. The van der Waals surface area contributed by atoms with Gasteiger partial charge in [-0.1, -0.05) is 0 Å². The molecule has 0 unspecified atom stereocenters. The van der Waals surface area contributed by atoms with Gasteiger partial charge in [0.1, 0.15) is 0 Å². The Kier molecular flexibility index (Phi) is 3.53. The van der Waals surface area contributed by atoms with Crippen molar-refractivity contribution in [2.75, 3.05) is 29.6 Å². The van der Waals surface area contributed by atoms with Gasteiger partial charge >= 0.3 is 0 Å². The Balaban J connectivity index is 2.35. The van der Waals surface area contributed by atoms with E-state index in [0.29, 0.717) is 22.5 Å². The second-order valence-electron chi connectivity index (χ2n) is 3.61. The van der Waals surface area contributed by atoms with Gasteiger partial charge in [0.2, 0.25) is 5.95 Å². The van der Waals surface area contributed by atoms with Crippen molar-refractivity contribution in [1.82, 2.24) is 9.97 Å². The van der Waals surface area contributed by atoms with E-state index in [1.807, 2.05) is 6.26 Å². The summed E-state index contributed by atoms with van der Waals surface area (Å²) in [5.74, 6) is 1.46. The second kappa shape index (κ2) is 5.09. The van der Waals surface area contributed by atoms with Gasteiger partial charge in [-0.3, -0.25) is 9.78 Å². The third-order valence-corrected chi connectivity index (χ3v) is 2.94. The van der Waals surface area contributed by atoms with E-state index < -0.39 is 0 Å². The first kappa shape index (κ1) is 11.8. The van der Waals surface area contributed by atoms with Gasteiger partial charge in [0, 0.05) is 18.0 Å². The molecule has 1 aromatic heterocycles. The van der Waals surface area contributed by atoms with Crippen LogP contribution in [0.1, 0.15) is 0 Å². The molecule has 2 aromatic rings. The minimum Gasteiger partial charge on any atom is -0.399 e. The maximum Gasteiger partial charge on any atom is 0.260 e. The molecule has 0 aliphatic heterocycles. The third-order valence-electron chi connectivity index (χ3n) is 2.33. The molecule has 0 atom stereocenters. The van der Waals surface area contributed by atoms with Crippen molar-refractivity contribution in [3.8, 4) is 0 Å². The van der Waals surface area contributed by atoms with Crippen LogP contribution in [0.2, 0.25) is 0 Å².